The lowest BCUT2D eigenvalue weighted by atomic mass is 10.1. The quantitative estimate of drug-likeness (QED) is 0.159. The standard InChI is InChI=1S/C26H35N2O9P/c1-17(2)22(28-24(30)34-16-18-11-8-7-9-12-18)37-38(32)36-21(23(29)33-6)19-13-10-14-20(15-19)27-25(31)35-26(3,4)5/h7-15,17,21-22,38H,16H2,1-6H3,(H,27,31)(H,28,30). The molecule has 0 bridgehead atoms. The summed E-state index contributed by atoms with van der Waals surface area (Å²) in [5.74, 6) is -1.15. The van der Waals surface area contributed by atoms with Gasteiger partial charge in [-0.15, -0.1) is 0 Å². The van der Waals surface area contributed by atoms with Crippen molar-refractivity contribution >= 4 is 32.1 Å². The highest BCUT2D eigenvalue weighted by molar-refractivity contribution is 7.33. The highest BCUT2D eigenvalue weighted by atomic mass is 31.1. The van der Waals surface area contributed by atoms with Crippen molar-refractivity contribution < 1.29 is 42.2 Å². The molecule has 0 radical (unpaired) electrons. The molecule has 0 saturated carbocycles. The van der Waals surface area contributed by atoms with Gasteiger partial charge in [-0.3, -0.25) is 24.2 Å². The number of ether oxygens (including phenoxy) is 3. The number of methoxy groups -OCH3 is 1. The molecular formula is C26H35N2O9P. The Bertz CT molecular complexity index is 1100. The van der Waals surface area contributed by atoms with Gasteiger partial charge >= 0.3 is 26.4 Å². The molecule has 0 aliphatic carbocycles. The number of alkyl carbamates (subject to hydrolysis) is 1. The number of anilines is 1. The van der Waals surface area contributed by atoms with Gasteiger partial charge in [-0.2, -0.15) is 0 Å². The van der Waals surface area contributed by atoms with E-state index in [-0.39, 0.29) is 18.1 Å². The van der Waals surface area contributed by atoms with E-state index in [1.807, 2.05) is 18.2 Å². The predicted molar refractivity (Wildman–Crippen MR) is 141 cm³/mol. The van der Waals surface area contributed by atoms with E-state index < -0.39 is 44.3 Å². The number of rotatable bonds is 11. The van der Waals surface area contributed by atoms with E-state index in [1.165, 1.54) is 12.1 Å². The van der Waals surface area contributed by atoms with Crippen LogP contribution in [-0.4, -0.2) is 37.1 Å². The Morgan fingerprint density at radius 3 is 2.24 bits per heavy atom. The first-order valence-electron chi connectivity index (χ1n) is 11.9. The Morgan fingerprint density at radius 2 is 1.63 bits per heavy atom. The Kier molecular flexibility index (Phi) is 11.8. The Morgan fingerprint density at radius 1 is 0.947 bits per heavy atom. The van der Waals surface area contributed by atoms with Gasteiger partial charge < -0.3 is 14.2 Å². The molecule has 2 aromatic rings. The van der Waals surface area contributed by atoms with E-state index in [0.717, 1.165) is 12.7 Å². The first-order chi connectivity index (χ1) is 17.9. The summed E-state index contributed by atoms with van der Waals surface area (Å²) in [5.41, 5.74) is 0.665. The molecule has 3 atom stereocenters. The molecule has 0 heterocycles. The second-order valence-electron chi connectivity index (χ2n) is 9.51. The lowest BCUT2D eigenvalue weighted by Crippen LogP contribution is -2.39. The minimum Gasteiger partial charge on any atom is -0.467 e. The van der Waals surface area contributed by atoms with E-state index in [9.17, 15) is 18.9 Å². The molecule has 2 aromatic carbocycles. The van der Waals surface area contributed by atoms with Crippen LogP contribution in [0.1, 0.15) is 51.8 Å². The predicted octanol–water partition coefficient (Wildman–Crippen LogP) is 5.58. The number of benzene rings is 2. The third-order valence-corrected chi connectivity index (χ3v) is 5.64. The minimum atomic E-state index is -3.34. The van der Waals surface area contributed by atoms with Gasteiger partial charge in [0.15, 0.2) is 6.10 Å². The summed E-state index contributed by atoms with van der Waals surface area (Å²) in [6.45, 7) is 8.70. The minimum absolute atomic E-state index is 0.0429. The fourth-order valence-electron chi connectivity index (χ4n) is 3.00. The molecule has 2 rings (SSSR count). The zero-order chi connectivity index (χ0) is 28.3. The van der Waals surface area contributed by atoms with E-state index in [0.29, 0.717) is 5.69 Å². The first-order valence-corrected chi connectivity index (χ1v) is 13.1. The molecule has 0 saturated heterocycles. The van der Waals surface area contributed by atoms with Crippen LogP contribution in [-0.2, 0) is 39.2 Å². The number of nitrogens with one attached hydrogen (secondary N) is 2. The van der Waals surface area contributed by atoms with E-state index in [2.05, 4.69) is 10.6 Å². The van der Waals surface area contributed by atoms with Crippen molar-refractivity contribution in [3.8, 4) is 0 Å². The average molecular weight is 551 g/mol. The molecule has 2 amide bonds. The summed E-state index contributed by atoms with van der Waals surface area (Å²) in [4.78, 5) is 36.8. The van der Waals surface area contributed by atoms with Crippen molar-refractivity contribution in [2.75, 3.05) is 12.4 Å². The van der Waals surface area contributed by atoms with Gasteiger partial charge in [-0.25, -0.2) is 14.4 Å². The molecule has 0 aliphatic rings. The number of hydrogen-bond acceptors (Lipinski definition) is 9. The largest absolute Gasteiger partial charge is 0.467 e. The molecule has 2 N–H and O–H groups in total. The number of carbonyl (C=O) groups excluding carboxylic acids is 3. The number of esters is 1. The smallest absolute Gasteiger partial charge is 0.412 e. The van der Waals surface area contributed by atoms with Gasteiger partial charge in [-0.1, -0.05) is 56.3 Å². The van der Waals surface area contributed by atoms with E-state index >= 15 is 0 Å². The van der Waals surface area contributed by atoms with Crippen molar-refractivity contribution in [3.63, 3.8) is 0 Å². The molecular weight excluding hydrogens is 515 g/mol. The molecule has 0 spiro atoms. The lowest BCUT2D eigenvalue weighted by molar-refractivity contribution is -0.149. The second kappa shape index (κ2) is 14.5. The molecule has 0 aromatic heterocycles. The van der Waals surface area contributed by atoms with Crippen LogP contribution < -0.4 is 10.6 Å². The highest BCUT2D eigenvalue weighted by Crippen LogP contribution is 2.36. The number of carbonyl (C=O) groups is 3. The zero-order valence-corrected chi connectivity index (χ0v) is 23.3. The fraction of sp³-hybridized carbons (Fsp3) is 0.423. The molecule has 11 nitrogen and oxygen atoms in total. The third kappa shape index (κ3) is 10.9. The number of amides is 2. The number of hydrogen-bond donors (Lipinski definition) is 2. The normalized spacial score (nSPS) is 13.7. The van der Waals surface area contributed by atoms with Crippen molar-refractivity contribution in [2.24, 2.45) is 5.92 Å². The first kappa shape index (κ1) is 30.8. The Balaban J connectivity index is 2.05. The van der Waals surface area contributed by atoms with Gasteiger partial charge in [0.25, 0.3) is 0 Å². The van der Waals surface area contributed by atoms with Crippen LogP contribution in [0.25, 0.3) is 0 Å². The van der Waals surface area contributed by atoms with Crippen LogP contribution in [0, 0.1) is 5.92 Å². The van der Waals surface area contributed by atoms with Crippen LogP contribution in [0.2, 0.25) is 0 Å². The van der Waals surface area contributed by atoms with Crippen LogP contribution in [0.4, 0.5) is 15.3 Å². The maximum atomic E-state index is 12.8. The Labute approximate surface area is 223 Å². The maximum Gasteiger partial charge on any atom is 0.412 e. The summed E-state index contributed by atoms with van der Waals surface area (Å²) < 4.78 is 38.9. The van der Waals surface area contributed by atoms with Crippen LogP contribution in [0.3, 0.4) is 0 Å². The van der Waals surface area contributed by atoms with Gasteiger partial charge in [0.2, 0.25) is 0 Å². The molecule has 0 fully saturated rings. The van der Waals surface area contributed by atoms with Gasteiger partial charge in [0.1, 0.15) is 18.4 Å². The average Bonchev–Trinajstić information content (AvgIpc) is 2.84. The topological polar surface area (TPSA) is 138 Å². The molecule has 12 heteroatoms. The van der Waals surface area contributed by atoms with Gasteiger partial charge in [0.05, 0.1) is 7.11 Å². The summed E-state index contributed by atoms with van der Waals surface area (Å²) in [6, 6.07) is 15.3. The summed E-state index contributed by atoms with van der Waals surface area (Å²) in [6.07, 6.45) is -3.91. The summed E-state index contributed by atoms with van der Waals surface area (Å²) >= 11 is 0. The van der Waals surface area contributed by atoms with Crippen LogP contribution >= 0.6 is 8.25 Å². The molecule has 208 valence electrons. The highest BCUT2D eigenvalue weighted by Gasteiger charge is 2.28. The van der Waals surface area contributed by atoms with E-state index in [4.69, 9.17) is 23.3 Å². The maximum absolute atomic E-state index is 12.8. The van der Waals surface area contributed by atoms with Crippen molar-refractivity contribution in [1.82, 2.24) is 5.32 Å². The van der Waals surface area contributed by atoms with Gasteiger partial charge in [-0.05, 0) is 49.9 Å². The second-order valence-corrected chi connectivity index (χ2v) is 10.5. The van der Waals surface area contributed by atoms with Crippen LogP contribution in [0.5, 0.6) is 0 Å². The van der Waals surface area contributed by atoms with Gasteiger partial charge in [0, 0.05) is 5.69 Å². The SMILES string of the molecule is COC(=O)C(O[PH](=O)OC(NC(=O)OCc1ccccc1)C(C)C)c1cccc(NC(=O)OC(C)(C)C)c1. The molecule has 3 unspecified atom stereocenters. The van der Waals surface area contributed by atoms with Crippen molar-refractivity contribution in [2.45, 2.75) is 59.2 Å². The van der Waals surface area contributed by atoms with E-state index in [1.54, 1.807) is 58.9 Å². The van der Waals surface area contributed by atoms with Crippen LogP contribution in [0.15, 0.2) is 54.6 Å². The third-order valence-electron chi connectivity index (χ3n) is 4.77. The van der Waals surface area contributed by atoms with Crippen molar-refractivity contribution in [1.29, 1.82) is 0 Å². The Hall–Kier alpha value is -3.40. The molecule has 38 heavy (non-hydrogen) atoms. The monoisotopic (exact) mass is 550 g/mol. The van der Waals surface area contributed by atoms with Crippen molar-refractivity contribution in [3.05, 3.63) is 65.7 Å². The zero-order valence-electron chi connectivity index (χ0n) is 22.3. The fourth-order valence-corrected chi connectivity index (χ4v) is 4.02. The summed E-state index contributed by atoms with van der Waals surface area (Å²) in [5, 5.41) is 5.07. The lowest BCUT2D eigenvalue weighted by Gasteiger charge is -2.23. The molecule has 0 aliphatic heterocycles. The summed E-state index contributed by atoms with van der Waals surface area (Å²) in [7, 11) is -2.18.